The first-order chi connectivity index (χ1) is 42.2. The van der Waals surface area contributed by atoms with Crippen LogP contribution in [0.3, 0.4) is 0 Å². The van der Waals surface area contributed by atoms with Crippen molar-refractivity contribution in [3.8, 4) is 0 Å². The number of carbonyl (C=O) groups excluding carboxylic acids is 6. The van der Waals surface area contributed by atoms with Crippen LogP contribution in [0.4, 0.5) is 17.1 Å². The highest BCUT2D eigenvalue weighted by Gasteiger charge is 2.45. The number of hydrogen-bond acceptors (Lipinski definition) is 13. The summed E-state index contributed by atoms with van der Waals surface area (Å²) >= 11 is 30.7. The SMILES string of the molecule is CC(=O)O.CCCCCCCN1C(=O)/C(=C2/C(=O)N(CCC)c3ccc(Br)cc32)SC1=S.CCCCCCCN1C(=O)/C(=C2/C(=O)N(CCC)c3ccc(Br)cc32)SC1=S.CCCCCCCN1C(=O)/C(=C2/C(=O)N(CCC)c3ccc(Br)cc32)SC1=S. The molecule has 9 rings (SSSR count). The molecule has 6 aliphatic rings. The van der Waals surface area contributed by atoms with Gasteiger partial charge in [0.2, 0.25) is 0 Å². The zero-order valence-electron chi connectivity index (χ0n) is 51.2. The van der Waals surface area contributed by atoms with Crippen LogP contribution in [0.5, 0.6) is 0 Å². The highest BCUT2D eigenvalue weighted by Crippen LogP contribution is 2.49. The lowest BCUT2D eigenvalue weighted by molar-refractivity contribution is -0.134. The molecule has 0 aromatic heterocycles. The van der Waals surface area contributed by atoms with E-state index < -0.39 is 5.97 Å². The molecule has 1 N–H and O–H groups in total. The number of nitrogens with zero attached hydrogens (tertiary/aromatic N) is 6. The average molecular weight is 1500 g/mol. The van der Waals surface area contributed by atoms with E-state index in [0.29, 0.717) is 83.7 Å². The summed E-state index contributed by atoms with van der Waals surface area (Å²) in [6, 6.07) is 17.4. The molecule has 88 heavy (non-hydrogen) atoms. The van der Waals surface area contributed by atoms with Crippen LogP contribution in [0, 0.1) is 0 Å². The van der Waals surface area contributed by atoms with Crippen molar-refractivity contribution in [1.82, 2.24) is 14.7 Å². The fourth-order valence-electron chi connectivity index (χ4n) is 10.8. The van der Waals surface area contributed by atoms with Crippen LogP contribution >= 0.6 is 120 Å². The molecule has 23 heteroatoms. The summed E-state index contributed by atoms with van der Waals surface area (Å²) < 4.78 is 4.34. The molecule has 6 aliphatic heterocycles. The minimum Gasteiger partial charge on any atom is -0.481 e. The van der Waals surface area contributed by atoms with Crippen LogP contribution < -0.4 is 14.7 Å². The number of benzene rings is 3. The van der Waals surface area contributed by atoms with Crippen molar-refractivity contribution in [2.45, 2.75) is 164 Å². The number of carboxylic acids is 1. The maximum absolute atomic E-state index is 13.2. The van der Waals surface area contributed by atoms with Crippen LogP contribution in [0.1, 0.15) is 181 Å². The molecule has 0 aliphatic carbocycles. The molecular formula is C65H79Br3N6O8S6. The number of rotatable bonds is 24. The van der Waals surface area contributed by atoms with Crippen molar-refractivity contribution in [3.63, 3.8) is 0 Å². The third kappa shape index (κ3) is 17.9. The Hall–Kier alpha value is -4.07. The lowest BCUT2D eigenvalue weighted by atomic mass is 10.1. The third-order valence-electron chi connectivity index (χ3n) is 15.0. The van der Waals surface area contributed by atoms with Crippen LogP contribution in [-0.2, 0) is 33.6 Å². The molecule has 0 saturated carbocycles. The predicted octanol–water partition coefficient (Wildman–Crippen LogP) is 17.3. The number of amides is 6. The Morgan fingerprint density at radius 2 is 0.614 bits per heavy atom. The van der Waals surface area contributed by atoms with Crippen LogP contribution in [-0.4, -0.2) is 113 Å². The molecule has 0 atom stereocenters. The van der Waals surface area contributed by atoms with Gasteiger partial charge in [-0.15, -0.1) is 0 Å². The van der Waals surface area contributed by atoms with Crippen LogP contribution in [0.25, 0.3) is 16.7 Å². The molecule has 6 amide bonds. The normalized spacial score (nSPS) is 18.6. The molecule has 14 nitrogen and oxygen atoms in total. The zero-order valence-corrected chi connectivity index (χ0v) is 60.9. The molecule has 3 fully saturated rings. The number of thioether (sulfide) groups is 3. The fourth-order valence-corrected chi connectivity index (χ4v) is 16.0. The van der Waals surface area contributed by atoms with Crippen LogP contribution in [0.15, 0.2) is 82.7 Å². The van der Waals surface area contributed by atoms with Gasteiger partial charge in [0.25, 0.3) is 41.4 Å². The van der Waals surface area contributed by atoms with E-state index in [1.54, 1.807) is 29.4 Å². The van der Waals surface area contributed by atoms with Gasteiger partial charge in [0.15, 0.2) is 0 Å². The molecule has 0 radical (unpaired) electrons. The summed E-state index contributed by atoms with van der Waals surface area (Å²) in [4.78, 5) is 99.6. The van der Waals surface area contributed by atoms with E-state index in [0.717, 1.165) is 112 Å². The second kappa shape index (κ2) is 35.7. The highest BCUT2D eigenvalue weighted by molar-refractivity contribution is 9.11. The number of fused-ring (bicyclic) bond motifs is 3. The summed E-state index contributed by atoms with van der Waals surface area (Å²) in [5, 5.41) is 7.42. The van der Waals surface area contributed by atoms with Crippen molar-refractivity contribution < 1.29 is 38.7 Å². The lowest BCUT2D eigenvalue weighted by Gasteiger charge is -2.15. The number of thiocarbonyl (C=S) groups is 3. The van der Waals surface area contributed by atoms with Crippen LogP contribution in [0.2, 0.25) is 0 Å². The number of carbonyl (C=O) groups is 7. The second-order valence-corrected chi connectivity index (χ2v) is 29.4. The maximum atomic E-state index is 13.2. The maximum Gasteiger partial charge on any atom is 0.300 e. The van der Waals surface area contributed by atoms with E-state index in [-0.39, 0.29) is 35.4 Å². The number of unbranched alkanes of at least 4 members (excludes halogenated alkanes) is 12. The zero-order chi connectivity index (χ0) is 64.4. The first-order valence-electron chi connectivity index (χ1n) is 30.6. The molecule has 474 valence electrons. The van der Waals surface area contributed by atoms with Crippen molar-refractivity contribution in [2.24, 2.45) is 0 Å². The van der Waals surface area contributed by atoms with Gasteiger partial charge in [-0.1, -0.05) is 238 Å². The fraction of sp³-hybridized carbons (Fsp3) is 0.477. The Labute approximate surface area is 573 Å². The summed E-state index contributed by atoms with van der Waals surface area (Å²) in [6.07, 6.45) is 19.4. The van der Waals surface area contributed by atoms with Gasteiger partial charge in [-0.25, -0.2) is 0 Å². The highest BCUT2D eigenvalue weighted by atomic mass is 79.9. The van der Waals surface area contributed by atoms with Crippen molar-refractivity contribution in [1.29, 1.82) is 0 Å². The Morgan fingerprint density at radius 1 is 0.375 bits per heavy atom. The van der Waals surface area contributed by atoms with Gasteiger partial charge in [0, 0.05) is 76.3 Å². The Morgan fingerprint density at radius 3 is 0.841 bits per heavy atom. The minimum absolute atomic E-state index is 0.0987. The van der Waals surface area contributed by atoms with E-state index in [1.165, 1.54) is 93.1 Å². The van der Waals surface area contributed by atoms with Crippen molar-refractivity contribution >= 4 is 208 Å². The minimum atomic E-state index is -0.833. The number of aliphatic carboxylic acids is 1. The Bertz CT molecular complexity index is 2950. The summed E-state index contributed by atoms with van der Waals surface area (Å²) in [6.45, 7) is 17.6. The van der Waals surface area contributed by atoms with E-state index in [2.05, 4.69) is 68.6 Å². The molecule has 3 saturated heterocycles. The Balaban J connectivity index is 0.000000204. The van der Waals surface area contributed by atoms with Gasteiger partial charge in [-0.3, -0.25) is 48.3 Å². The molecular weight excluding hydrogens is 1420 g/mol. The van der Waals surface area contributed by atoms with E-state index in [1.807, 2.05) is 75.4 Å². The molecule has 6 heterocycles. The van der Waals surface area contributed by atoms with Gasteiger partial charge in [-0.05, 0) is 93.1 Å². The molecule has 0 unspecified atom stereocenters. The standard InChI is InChI=1S/3C21H25BrN2O2S2.C2H4O2/c3*1-3-5-6-7-8-12-24-20(26)18(28-21(24)27)17-15-13-14(22)9-10-16(15)23(11-4-2)19(17)25;1-2(3)4/h3*9-10,13H,3-8,11-12H2,1-2H3;1H3,(H,3,4)/b3*18-17-;. The number of halogens is 3. The quantitative estimate of drug-likeness (QED) is 0.0513. The van der Waals surface area contributed by atoms with Gasteiger partial charge in [0.05, 0.1) is 48.5 Å². The van der Waals surface area contributed by atoms with E-state index >= 15 is 0 Å². The first kappa shape index (κ1) is 73.0. The van der Waals surface area contributed by atoms with Gasteiger partial charge in [0.1, 0.15) is 13.0 Å². The molecule has 3 aromatic carbocycles. The number of carboxylic acid groups (broad SMARTS) is 1. The number of anilines is 3. The Kier molecular flexibility index (Phi) is 29.6. The lowest BCUT2D eigenvalue weighted by Crippen LogP contribution is -2.30. The predicted molar refractivity (Wildman–Crippen MR) is 386 cm³/mol. The monoisotopic (exact) mass is 1500 g/mol. The summed E-state index contributed by atoms with van der Waals surface area (Å²) in [7, 11) is 0. The largest absolute Gasteiger partial charge is 0.481 e. The molecule has 3 aromatic rings. The number of hydrogen-bond donors (Lipinski definition) is 1. The summed E-state index contributed by atoms with van der Waals surface area (Å²) in [5.41, 5.74) is 6.55. The smallest absolute Gasteiger partial charge is 0.300 e. The van der Waals surface area contributed by atoms with E-state index in [9.17, 15) is 28.8 Å². The van der Waals surface area contributed by atoms with Crippen molar-refractivity contribution in [3.05, 3.63) is 99.4 Å². The topological polar surface area (TPSA) is 159 Å². The second-order valence-electron chi connectivity index (χ2n) is 21.7. The first-order valence-corrected chi connectivity index (χ1v) is 36.6. The van der Waals surface area contributed by atoms with Gasteiger partial charge in [-0.2, -0.15) is 0 Å². The van der Waals surface area contributed by atoms with Gasteiger partial charge < -0.3 is 19.8 Å². The summed E-state index contributed by atoms with van der Waals surface area (Å²) in [5.74, 6) is -1.51. The average Bonchev–Trinajstić information content (AvgIpc) is 1.68. The van der Waals surface area contributed by atoms with Crippen molar-refractivity contribution in [2.75, 3.05) is 54.0 Å². The third-order valence-corrected chi connectivity index (χ3v) is 20.8. The molecule has 0 spiro atoms. The van der Waals surface area contributed by atoms with Gasteiger partial charge >= 0.3 is 0 Å². The molecule has 0 bridgehead atoms. The van der Waals surface area contributed by atoms with E-state index in [4.69, 9.17) is 46.6 Å².